The van der Waals surface area contributed by atoms with Gasteiger partial charge in [-0.1, -0.05) is 27.3 Å². The summed E-state index contributed by atoms with van der Waals surface area (Å²) in [6.45, 7) is 0. The lowest BCUT2D eigenvalue weighted by Gasteiger charge is -2.05. The second kappa shape index (κ2) is 6.02. The van der Waals surface area contributed by atoms with Crippen LogP contribution in [0.4, 0.5) is 10.7 Å². The molecule has 9 heteroatoms. The van der Waals surface area contributed by atoms with Gasteiger partial charge in [0.25, 0.3) is 5.91 Å². The number of hydrogen-bond acceptors (Lipinski definition) is 5. The van der Waals surface area contributed by atoms with Gasteiger partial charge in [0.15, 0.2) is 0 Å². The van der Waals surface area contributed by atoms with Crippen molar-refractivity contribution in [1.29, 1.82) is 0 Å². The van der Waals surface area contributed by atoms with E-state index in [4.69, 9.17) is 5.11 Å². The number of hydrogen-bond donors (Lipinski definition) is 2. The van der Waals surface area contributed by atoms with E-state index in [1.807, 2.05) is 0 Å². The van der Waals surface area contributed by atoms with Crippen LogP contribution in [0.1, 0.15) is 20.0 Å². The highest BCUT2D eigenvalue weighted by Gasteiger charge is 2.16. The number of nitrogens with zero attached hydrogens (tertiary/aromatic N) is 1. The average molecular weight is 371 g/mol. The van der Waals surface area contributed by atoms with E-state index in [2.05, 4.69) is 21.2 Å². The first-order chi connectivity index (χ1) is 9.86. The molecule has 0 saturated heterocycles. The highest BCUT2D eigenvalue weighted by atomic mass is 79.9. The van der Waals surface area contributed by atoms with Gasteiger partial charge in [-0.3, -0.25) is 14.9 Å². The minimum absolute atomic E-state index is 0.0110. The lowest BCUT2D eigenvalue weighted by Crippen LogP contribution is -2.11. The number of rotatable bonds is 4. The fourth-order valence-corrected chi connectivity index (χ4v) is 2.73. The van der Waals surface area contributed by atoms with Crippen molar-refractivity contribution in [2.75, 3.05) is 5.32 Å². The Hall–Kier alpha value is -2.26. The molecule has 0 radical (unpaired) electrons. The van der Waals surface area contributed by atoms with Crippen molar-refractivity contribution in [3.8, 4) is 0 Å². The minimum atomic E-state index is -1.13. The lowest BCUT2D eigenvalue weighted by atomic mass is 10.2. The largest absolute Gasteiger partial charge is 0.478 e. The maximum atomic E-state index is 12.0. The second-order valence-corrected chi connectivity index (χ2v) is 5.86. The lowest BCUT2D eigenvalue weighted by molar-refractivity contribution is -0.380. The van der Waals surface area contributed by atoms with Gasteiger partial charge in [0.1, 0.15) is 0 Å². The molecule has 108 valence electrons. The fraction of sp³-hybridized carbons (Fsp3) is 0. The van der Waals surface area contributed by atoms with Gasteiger partial charge >= 0.3 is 11.0 Å². The van der Waals surface area contributed by atoms with E-state index in [0.29, 0.717) is 4.47 Å². The van der Waals surface area contributed by atoms with E-state index in [1.165, 1.54) is 30.3 Å². The summed E-state index contributed by atoms with van der Waals surface area (Å²) < 4.78 is 0.495. The number of nitrogens with one attached hydrogen (secondary N) is 1. The van der Waals surface area contributed by atoms with Crippen LogP contribution in [-0.2, 0) is 0 Å². The summed E-state index contributed by atoms with van der Waals surface area (Å²) in [6.07, 6.45) is 0. The first-order valence-electron chi connectivity index (χ1n) is 5.46. The number of aromatic carboxylic acids is 1. The van der Waals surface area contributed by atoms with Crippen LogP contribution in [0.5, 0.6) is 0 Å². The van der Waals surface area contributed by atoms with Crippen LogP contribution in [0.15, 0.2) is 34.8 Å². The molecular formula is C12H7BrN2O5S. The van der Waals surface area contributed by atoms with Gasteiger partial charge in [-0.05, 0) is 24.3 Å². The van der Waals surface area contributed by atoms with Crippen molar-refractivity contribution >= 4 is 49.8 Å². The molecular weight excluding hydrogens is 364 g/mol. The van der Waals surface area contributed by atoms with E-state index in [9.17, 15) is 19.7 Å². The smallest absolute Gasteiger partial charge is 0.335 e. The molecule has 0 saturated carbocycles. The molecule has 0 unspecified atom stereocenters. The number of anilines is 1. The third-order valence-electron chi connectivity index (χ3n) is 2.40. The van der Waals surface area contributed by atoms with Crippen molar-refractivity contribution in [2.45, 2.75) is 0 Å². The predicted molar refractivity (Wildman–Crippen MR) is 80.0 cm³/mol. The highest BCUT2D eigenvalue weighted by molar-refractivity contribution is 9.10. The highest BCUT2D eigenvalue weighted by Crippen LogP contribution is 2.25. The molecule has 21 heavy (non-hydrogen) atoms. The molecule has 0 atom stereocenters. The number of thiophene rings is 1. The summed E-state index contributed by atoms with van der Waals surface area (Å²) in [7, 11) is 0. The number of halogens is 1. The van der Waals surface area contributed by atoms with Crippen LogP contribution in [0.3, 0.4) is 0 Å². The molecule has 1 aromatic heterocycles. The van der Waals surface area contributed by atoms with Crippen molar-refractivity contribution in [3.63, 3.8) is 0 Å². The topological polar surface area (TPSA) is 110 Å². The Morgan fingerprint density at radius 2 is 2.00 bits per heavy atom. The zero-order valence-corrected chi connectivity index (χ0v) is 12.6. The third kappa shape index (κ3) is 3.64. The summed E-state index contributed by atoms with van der Waals surface area (Å²) in [5, 5.41) is 21.9. The number of carbonyl (C=O) groups excluding carboxylic acids is 1. The summed E-state index contributed by atoms with van der Waals surface area (Å²) in [6, 6.07) is 6.81. The summed E-state index contributed by atoms with van der Waals surface area (Å²) in [5.74, 6) is -1.67. The van der Waals surface area contributed by atoms with Crippen molar-refractivity contribution in [1.82, 2.24) is 0 Å². The number of carboxylic acids is 1. The van der Waals surface area contributed by atoms with E-state index in [-0.39, 0.29) is 21.1 Å². The van der Waals surface area contributed by atoms with Crippen LogP contribution in [0, 0.1) is 10.1 Å². The van der Waals surface area contributed by atoms with Crippen LogP contribution < -0.4 is 5.32 Å². The summed E-state index contributed by atoms with van der Waals surface area (Å²) in [4.78, 5) is 33.0. The first-order valence-corrected chi connectivity index (χ1v) is 7.07. The Labute approximate surface area is 130 Å². The maximum absolute atomic E-state index is 12.0. The Morgan fingerprint density at radius 3 is 2.57 bits per heavy atom. The molecule has 0 spiro atoms. The molecule has 1 aromatic carbocycles. The summed E-state index contributed by atoms with van der Waals surface area (Å²) >= 11 is 3.89. The molecule has 0 aliphatic heterocycles. The van der Waals surface area contributed by atoms with Gasteiger partial charge in [-0.25, -0.2) is 4.79 Å². The number of amides is 1. The minimum Gasteiger partial charge on any atom is -0.478 e. The van der Waals surface area contributed by atoms with Gasteiger partial charge < -0.3 is 10.4 Å². The Kier molecular flexibility index (Phi) is 4.34. The first kappa shape index (κ1) is 15.1. The number of carboxylic acid groups (broad SMARTS) is 1. The SMILES string of the molecule is O=C(O)c1cc(Br)cc(NC(=O)c2ccc([N+](=O)[O-])s2)c1. The summed E-state index contributed by atoms with van der Waals surface area (Å²) in [5.41, 5.74) is 0.291. The Morgan fingerprint density at radius 1 is 1.29 bits per heavy atom. The quantitative estimate of drug-likeness (QED) is 0.633. The van der Waals surface area contributed by atoms with E-state index in [0.717, 1.165) is 11.3 Å². The van der Waals surface area contributed by atoms with Gasteiger partial charge in [0.05, 0.1) is 15.4 Å². The van der Waals surface area contributed by atoms with E-state index >= 15 is 0 Å². The second-order valence-electron chi connectivity index (χ2n) is 3.88. The van der Waals surface area contributed by atoms with E-state index in [1.54, 1.807) is 0 Å². The van der Waals surface area contributed by atoms with Gasteiger partial charge in [-0.15, -0.1) is 0 Å². The molecule has 0 fully saturated rings. The van der Waals surface area contributed by atoms with Crippen molar-refractivity contribution in [3.05, 3.63) is 55.4 Å². The van der Waals surface area contributed by atoms with Crippen LogP contribution >= 0.6 is 27.3 Å². The molecule has 7 nitrogen and oxygen atoms in total. The Balaban J connectivity index is 2.22. The average Bonchev–Trinajstić information content (AvgIpc) is 2.87. The van der Waals surface area contributed by atoms with Crippen LogP contribution in [0.25, 0.3) is 0 Å². The molecule has 2 aromatic rings. The van der Waals surface area contributed by atoms with Crippen molar-refractivity contribution in [2.24, 2.45) is 0 Å². The monoisotopic (exact) mass is 370 g/mol. The predicted octanol–water partition coefficient (Wildman–Crippen LogP) is 3.37. The normalized spacial score (nSPS) is 10.1. The van der Waals surface area contributed by atoms with Gasteiger partial charge in [0, 0.05) is 16.2 Å². The van der Waals surface area contributed by atoms with Crippen LogP contribution in [0.2, 0.25) is 0 Å². The zero-order chi connectivity index (χ0) is 15.6. The Bertz CT molecular complexity index is 743. The fourth-order valence-electron chi connectivity index (χ4n) is 1.53. The molecule has 1 heterocycles. The van der Waals surface area contributed by atoms with E-state index < -0.39 is 16.8 Å². The molecule has 0 aliphatic rings. The standard InChI is InChI=1S/C12H7BrN2O5S/c13-7-3-6(12(17)18)4-8(5-7)14-11(16)9-1-2-10(21-9)15(19)20/h1-5H,(H,14,16)(H,17,18). The number of carbonyl (C=O) groups is 2. The molecule has 2 rings (SSSR count). The van der Waals surface area contributed by atoms with Crippen LogP contribution in [-0.4, -0.2) is 21.9 Å². The third-order valence-corrected chi connectivity index (χ3v) is 3.89. The molecule has 0 bridgehead atoms. The van der Waals surface area contributed by atoms with Gasteiger partial charge in [-0.2, -0.15) is 0 Å². The molecule has 0 aliphatic carbocycles. The molecule has 2 N–H and O–H groups in total. The zero-order valence-electron chi connectivity index (χ0n) is 10.2. The maximum Gasteiger partial charge on any atom is 0.335 e. The number of nitro groups is 1. The number of benzene rings is 1. The van der Waals surface area contributed by atoms with Gasteiger partial charge in [0.2, 0.25) is 0 Å². The molecule has 1 amide bonds. The van der Waals surface area contributed by atoms with Crippen molar-refractivity contribution < 1.29 is 19.6 Å².